The molecule has 0 saturated carbocycles. The number of nitrogens with one attached hydrogen (secondary N) is 1. The van der Waals surface area contributed by atoms with Gasteiger partial charge in [0.05, 0.1) is 11.3 Å². The van der Waals surface area contributed by atoms with Gasteiger partial charge in [0.25, 0.3) is 11.8 Å². The van der Waals surface area contributed by atoms with Crippen molar-refractivity contribution in [2.24, 2.45) is 0 Å². The molecule has 176 valence electrons. The number of para-hydroxylation sites is 1. The number of fused-ring (bicyclic) bond motifs is 1. The fraction of sp³-hybridized carbons (Fsp3) is 0.172. The predicted octanol–water partition coefficient (Wildman–Crippen LogP) is 6.56. The van der Waals surface area contributed by atoms with Gasteiger partial charge in [0, 0.05) is 22.7 Å². The Balaban J connectivity index is 1.27. The van der Waals surface area contributed by atoms with Crippen LogP contribution in [0.2, 0.25) is 0 Å². The van der Waals surface area contributed by atoms with Gasteiger partial charge in [0.15, 0.2) is 0 Å². The van der Waals surface area contributed by atoms with E-state index in [0.29, 0.717) is 29.2 Å². The van der Waals surface area contributed by atoms with Gasteiger partial charge in [-0.05, 0) is 72.7 Å². The van der Waals surface area contributed by atoms with E-state index in [-0.39, 0.29) is 11.8 Å². The molecule has 3 aromatic carbocycles. The molecule has 5 nitrogen and oxygen atoms in total. The molecule has 0 aliphatic carbocycles. The van der Waals surface area contributed by atoms with Gasteiger partial charge in [-0.2, -0.15) is 0 Å². The van der Waals surface area contributed by atoms with Gasteiger partial charge >= 0.3 is 0 Å². The Morgan fingerprint density at radius 2 is 1.66 bits per heavy atom. The van der Waals surface area contributed by atoms with Crippen molar-refractivity contribution < 1.29 is 14.3 Å². The number of hydrogen-bond donors (Lipinski definition) is 1. The molecule has 5 rings (SSSR count). The van der Waals surface area contributed by atoms with Crippen LogP contribution in [-0.2, 0) is 13.0 Å². The molecule has 1 N–H and O–H groups in total. The SMILES string of the molecule is O=C(Nc1ccc(C(=O)N2CCCCc3sccc32)cc1)c1ccccc1OCc1ccccc1. The number of aryl methyl sites for hydroxylation is 1. The number of nitrogens with zero attached hydrogens (tertiary/aromatic N) is 1. The van der Waals surface area contributed by atoms with Gasteiger partial charge in [-0.15, -0.1) is 11.3 Å². The van der Waals surface area contributed by atoms with Gasteiger partial charge in [0.1, 0.15) is 12.4 Å². The van der Waals surface area contributed by atoms with Crippen LogP contribution in [-0.4, -0.2) is 18.4 Å². The van der Waals surface area contributed by atoms with Gasteiger partial charge in [-0.3, -0.25) is 9.59 Å². The summed E-state index contributed by atoms with van der Waals surface area (Å²) in [6, 6.07) is 26.1. The Bertz CT molecular complexity index is 1320. The highest BCUT2D eigenvalue weighted by Crippen LogP contribution is 2.32. The molecular weight excluding hydrogens is 456 g/mol. The highest BCUT2D eigenvalue weighted by atomic mass is 32.1. The van der Waals surface area contributed by atoms with Crippen molar-refractivity contribution in [1.29, 1.82) is 0 Å². The summed E-state index contributed by atoms with van der Waals surface area (Å²) in [6.07, 6.45) is 3.12. The molecule has 1 aliphatic rings. The lowest BCUT2D eigenvalue weighted by Gasteiger charge is -2.21. The minimum atomic E-state index is -0.261. The van der Waals surface area contributed by atoms with E-state index in [1.165, 1.54) is 4.88 Å². The maximum absolute atomic E-state index is 13.2. The van der Waals surface area contributed by atoms with Crippen LogP contribution >= 0.6 is 11.3 Å². The largest absolute Gasteiger partial charge is 0.488 e. The number of carbonyl (C=O) groups is 2. The summed E-state index contributed by atoms with van der Waals surface area (Å²) in [5, 5.41) is 4.97. The molecule has 0 fully saturated rings. The van der Waals surface area contributed by atoms with Crippen LogP contribution in [0, 0.1) is 0 Å². The number of anilines is 2. The quantitative estimate of drug-likeness (QED) is 0.338. The molecule has 2 amide bonds. The van der Waals surface area contributed by atoms with E-state index in [1.807, 2.05) is 53.4 Å². The van der Waals surface area contributed by atoms with E-state index in [2.05, 4.69) is 10.7 Å². The predicted molar refractivity (Wildman–Crippen MR) is 141 cm³/mol. The van der Waals surface area contributed by atoms with Gasteiger partial charge in [-0.25, -0.2) is 0 Å². The van der Waals surface area contributed by atoms with E-state index in [9.17, 15) is 9.59 Å². The van der Waals surface area contributed by atoms with Crippen molar-refractivity contribution in [3.8, 4) is 5.75 Å². The lowest BCUT2D eigenvalue weighted by Crippen LogP contribution is -2.31. The standard InChI is InChI=1S/C29H26N2O3S/c32-28(24-10-4-5-11-26(24)34-20-21-8-2-1-3-9-21)30-23-15-13-22(14-16-23)29(33)31-18-7-6-12-27-25(31)17-19-35-27/h1-5,8-11,13-17,19H,6-7,12,18,20H2,(H,30,32). The minimum absolute atomic E-state index is 0.0101. The van der Waals surface area contributed by atoms with Crippen molar-refractivity contribution in [2.45, 2.75) is 25.9 Å². The van der Waals surface area contributed by atoms with E-state index in [4.69, 9.17) is 4.74 Å². The third-order valence-electron chi connectivity index (χ3n) is 6.05. The molecule has 4 aromatic rings. The maximum Gasteiger partial charge on any atom is 0.259 e. The van der Waals surface area contributed by atoms with E-state index >= 15 is 0 Å². The Hall–Kier alpha value is -3.90. The number of amides is 2. The van der Waals surface area contributed by atoms with Crippen molar-refractivity contribution in [3.63, 3.8) is 0 Å². The fourth-order valence-electron chi connectivity index (χ4n) is 4.21. The monoisotopic (exact) mass is 482 g/mol. The van der Waals surface area contributed by atoms with Crippen LogP contribution in [0.25, 0.3) is 0 Å². The van der Waals surface area contributed by atoms with Gasteiger partial charge in [0.2, 0.25) is 0 Å². The highest BCUT2D eigenvalue weighted by molar-refractivity contribution is 7.10. The first-order valence-electron chi connectivity index (χ1n) is 11.7. The second kappa shape index (κ2) is 10.6. The molecular formula is C29H26N2O3S. The Morgan fingerprint density at radius 1 is 0.886 bits per heavy atom. The summed E-state index contributed by atoms with van der Waals surface area (Å²) in [5.74, 6) is 0.251. The van der Waals surface area contributed by atoms with Crippen LogP contribution < -0.4 is 15.0 Å². The summed E-state index contributed by atoms with van der Waals surface area (Å²) < 4.78 is 5.92. The zero-order chi connectivity index (χ0) is 24.0. The Kier molecular flexibility index (Phi) is 6.91. The summed E-state index contributed by atoms with van der Waals surface area (Å²) in [4.78, 5) is 29.4. The van der Waals surface area contributed by atoms with Gasteiger partial charge < -0.3 is 15.0 Å². The molecule has 0 atom stereocenters. The molecule has 1 aliphatic heterocycles. The molecule has 0 spiro atoms. The summed E-state index contributed by atoms with van der Waals surface area (Å²) in [6.45, 7) is 1.10. The first-order valence-corrected chi connectivity index (χ1v) is 12.6. The highest BCUT2D eigenvalue weighted by Gasteiger charge is 2.23. The van der Waals surface area contributed by atoms with Crippen molar-refractivity contribution in [3.05, 3.63) is 112 Å². The number of ether oxygens (including phenoxy) is 1. The molecule has 6 heteroatoms. The molecule has 0 radical (unpaired) electrons. The average molecular weight is 483 g/mol. The minimum Gasteiger partial charge on any atom is -0.488 e. The number of carbonyl (C=O) groups excluding carboxylic acids is 2. The molecule has 35 heavy (non-hydrogen) atoms. The zero-order valence-electron chi connectivity index (χ0n) is 19.3. The smallest absolute Gasteiger partial charge is 0.259 e. The molecule has 1 aromatic heterocycles. The van der Waals surface area contributed by atoms with E-state index in [0.717, 1.165) is 37.1 Å². The number of rotatable bonds is 6. The van der Waals surface area contributed by atoms with Crippen LogP contribution in [0.15, 0.2) is 90.3 Å². The Morgan fingerprint density at radius 3 is 2.49 bits per heavy atom. The molecule has 0 saturated heterocycles. The average Bonchev–Trinajstić information content (AvgIpc) is 3.27. The molecule has 2 heterocycles. The van der Waals surface area contributed by atoms with Crippen LogP contribution in [0.3, 0.4) is 0 Å². The van der Waals surface area contributed by atoms with Gasteiger partial charge in [-0.1, -0.05) is 42.5 Å². The summed E-state index contributed by atoms with van der Waals surface area (Å²) >= 11 is 1.71. The van der Waals surface area contributed by atoms with Crippen molar-refractivity contribution in [1.82, 2.24) is 0 Å². The normalized spacial score (nSPS) is 13.0. The lowest BCUT2D eigenvalue weighted by atomic mass is 10.1. The molecule has 0 bridgehead atoms. The van der Waals surface area contributed by atoms with Crippen molar-refractivity contribution in [2.75, 3.05) is 16.8 Å². The van der Waals surface area contributed by atoms with E-state index < -0.39 is 0 Å². The fourth-order valence-corrected chi connectivity index (χ4v) is 5.14. The number of hydrogen-bond acceptors (Lipinski definition) is 4. The maximum atomic E-state index is 13.2. The van der Waals surface area contributed by atoms with Crippen LogP contribution in [0.4, 0.5) is 11.4 Å². The zero-order valence-corrected chi connectivity index (χ0v) is 20.1. The lowest BCUT2D eigenvalue weighted by molar-refractivity contribution is 0.0985. The number of benzene rings is 3. The third kappa shape index (κ3) is 5.28. The Labute approximate surface area is 209 Å². The summed E-state index contributed by atoms with van der Waals surface area (Å²) in [5.41, 5.74) is 3.74. The first kappa shape index (κ1) is 22.9. The van der Waals surface area contributed by atoms with Crippen LogP contribution in [0.1, 0.15) is 44.0 Å². The second-order valence-corrected chi connectivity index (χ2v) is 9.45. The van der Waals surface area contributed by atoms with Crippen LogP contribution in [0.5, 0.6) is 5.75 Å². The topological polar surface area (TPSA) is 58.6 Å². The second-order valence-electron chi connectivity index (χ2n) is 8.44. The van der Waals surface area contributed by atoms with Crippen molar-refractivity contribution >= 4 is 34.5 Å². The third-order valence-corrected chi connectivity index (χ3v) is 7.02. The van der Waals surface area contributed by atoms with E-state index in [1.54, 1.807) is 47.7 Å². The number of thiophene rings is 1. The first-order chi connectivity index (χ1) is 17.2. The summed E-state index contributed by atoms with van der Waals surface area (Å²) in [7, 11) is 0. The molecule has 0 unspecified atom stereocenters.